The molecule has 1 saturated heterocycles. The third kappa shape index (κ3) is 5.26. The van der Waals surface area contributed by atoms with E-state index < -0.39 is 15.8 Å². The fourth-order valence-electron chi connectivity index (χ4n) is 5.54. The summed E-state index contributed by atoms with van der Waals surface area (Å²) in [4.78, 5) is 2.65. The van der Waals surface area contributed by atoms with Gasteiger partial charge in [-0.2, -0.15) is 0 Å². The molecule has 0 radical (unpaired) electrons. The van der Waals surface area contributed by atoms with Crippen molar-refractivity contribution in [1.29, 1.82) is 0 Å². The monoisotopic (exact) mass is 515 g/mol. The topological polar surface area (TPSA) is 3.24 Å². The fourth-order valence-corrected chi connectivity index (χ4v) is 12.0. The Morgan fingerprint density at radius 3 is 0.946 bits per heavy atom. The summed E-state index contributed by atoms with van der Waals surface area (Å²) < 4.78 is 0. The van der Waals surface area contributed by atoms with Crippen molar-refractivity contribution in [2.45, 2.75) is 11.3 Å². The molecule has 2 unspecified atom stereocenters. The highest BCUT2D eigenvalue weighted by Crippen LogP contribution is 2.54. The lowest BCUT2D eigenvalue weighted by molar-refractivity contribution is 0.972. The minimum atomic E-state index is -0.547. The summed E-state index contributed by atoms with van der Waals surface area (Å²) >= 11 is 0. The van der Waals surface area contributed by atoms with Gasteiger partial charge in [-0.15, -0.1) is 0 Å². The minimum absolute atomic E-state index is 0.534. The van der Waals surface area contributed by atoms with Crippen LogP contribution < -0.4 is 26.1 Å². The quantitative estimate of drug-likeness (QED) is 0.224. The molecule has 2 atom stereocenters. The Hall–Kier alpha value is -3.24. The van der Waals surface area contributed by atoms with Crippen LogP contribution in [0, 0.1) is 0 Å². The summed E-state index contributed by atoms with van der Waals surface area (Å²) in [7, 11) is -1.09. The van der Waals surface area contributed by atoms with E-state index in [1.54, 1.807) is 0 Å². The highest BCUT2D eigenvalue weighted by Gasteiger charge is 2.43. The first kappa shape index (κ1) is 24.1. The predicted molar refractivity (Wildman–Crippen MR) is 164 cm³/mol. The zero-order chi connectivity index (χ0) is 24.9. The smallest absolute Gasteiger partial charge is 0.0366 e. The molecule has 37 heavy (non-hydrogen) atoms. The highest BCUT2D eigenvalue weighted by molar-refractivity contribution is 7.77. The predicted octanol–water partition coefficient (Wildman–Crippen LogP) is 6.51. The number of hydrogen-bond acceptors (Lipinski definition) is 1. The zero-order valence-electron chi connectivity index (χ0n) is 20.8. The van der Waals surface area contributed by atoms with Gasteiger partial charge in [0, 0.05) is 30.1 Å². The van der Waals surface area contributed by atoms with Gasteiger partial charge in [0.1, 0.15) is 0 Å². The van der Waals surface area contributed by atoms with Gasteiger partial charge in [-0.25, -0.2) is 0 Å². The normalized spacial score (nSPS) is 17.4. The summed E-state index contributed by atoms with van der Waals surface area (Å²) in [6, 6.07) is 56.1. The van der Waals surface area contributed by atoms with Crippen LogP contribution in [0.4, 0.5) is 5.69 Å². The summed E-state index contributed by atoms with van der Waals surface area (Å²) in [6.07, 6.45) is 0. The Kier molecular flexibility index (Phi) is 7.45. The lowest BCUT2D eigenvalue weighted by atomic mass is 10.3. The Labute approximate surface area is 223 Å². The molecule has 1 nitrogen and oxygen atoms in total. The zero-order valence-corrected chi connectivity index (χ0v) is 22.6. The Morgan fingerprint density at radius 1 is 0.378 bits per heavy atom. The van der Waals surface area contributed by atoms with E-state index in [9.17, 15) is 0 Å². The van der Waals surface area contributed by atoms with Crippen LogP contribution in [0.2, 0.25) is 0 Å². The first-order valence-corrected chi connectivity index (χ1v) is 15.8. The van der Waals surface area contributed by atoms with Crippen molar-refractivity contribution in [2.75, 3.05) is 18.0 Å². The lowest BCUT2D eigenvalue weighted by Gasteiger charge is -2.34. The van der Waals surface area contributed by atoms with Crippen molar-refractivity contribution >= 4 is 42.7 Å². The number of rotatable bonds is 7. The van der Waals surface area contributed by atoms with Crippen LogP contribution in [-0.2, 0) is 0 Å². The van der Waals surface area contributed by atoms with Gasteiger partial charge in [0.05, 0.1) is 0 Å². The molecule has 0 bridgehead atoms. The van der Waals surface area contributed by atoms with Crippen LogP contribution >= 0.6 is 15.8 Å². The fraction of sp³-hybridized carbons (Fsp3) is 0.118. The van der Waals surface area contributed by atoms with Gasteiger partial charge in [0.2, 0.25) is 0 Å². The van der Waals surface area contributed by atoms with Gasteiger partial charge in [-0.3, -0.25) is 0 Å². The number of anilines is 1. The van der Waals surface area contributed by atoms with E-state index in [1.807, 2.05) is 0 Å². The van der Waals surface area contributed by atoms with Gasteiger partial charge in [-0.1, -0.05) is 140 Å². The van der Waals surface area contributed by atoms with Gasteiger partial charge in [-0.05, 0) is 49.2 Å². The van der Waals surface area contributed by atoms with E-state index in [4.69, 9.17) is 0 Å². The SMILES string of the molecule is c1ccc(N2CC(P(c3ccccc3)c3ccccc3)C(P(c3ccccc3)c3ccccc3)C2)cc1. The molecule has 0 amide bonds. The van der Waals surface area contributed by atoms with Crippen molar-refractivity contribution in [1.82, 2.24) is 0 Å². The Balaban J connectivity index is 1.51. The van der Waals surface area contributed by atoms with Crippen LogP contribution in [0.3, 0.4) is 0 Å². The van der Waals surface area contributed by atoms with Crippen LogP contribution in [0.15, 0.2) is 152 Å². The van der Waals surface area contributed by atoms with Gasteiger partial charge in [0.25, 0.3) is 0 Å². The molecular formula is C34H31NP2. The molecule has 0 spiro atoms. The number of benzene rings is 5. The molecule has 182 valence electrons. The third-order valence-corrected chi connectivity index (χ3v) is 13.2. The van der Waals surface area contributed by atoms with Crippen LogP contribution in [0.25, 0.3) is 0 Å². The maximum atomic E-state index is 2.65. The van der Waals surface area contributed by atoms with Gasteiger partial charge in [0.15, 0.2) is 0 Å². The largest absolute Gasteiger partial charge is 0.370 e. The second-order valence-electron chi connectivity index (χ2n) is 9.46. The van der Waals surface area contributed by atoms with Crippen LogP contribution in [0.1, 0.15) is 0 Å². The number of para-hydroxylation sites is 1. The second-order valence-corrected chi connectivity index (χ2v) is 14.3. The van der Waals surface area contributed by atoms with Crippen molar-refractivity contribution in [3.8, 4) is 0 Å². The third-order valence-electron chi connectivity index (χ3n) is 7.18. The molecule has 5 aromatic rings. The lowest BCUT2D eigenvalue weighted by Crippen LogP contribution is -2.34. The second kappa shape index (κ2) is 11.4. The summed E-state index contributed by atoms with van der Waals surface area (Å²) in [5, 5.41) is 5.91. The molecule has 6 rings (SSSR count). The molecule has 0 aliphatic carbocycles. The van der Waals surface area contributed by atoms with Gasteiger partial charge >= 0.3 is 0 Å². The molecule has 1 aliphatic rings. The van der Waals surface area contributed by atoms with E-state index in [0.717, 1.165) is 13.1 Å². The van der Waals surface area contributed by atoms with Crippen molar-refractivity contribution < 1.29 is 0 Å². The Morgan fingerprint density at radius 2 is 0.649 bits per heavy atom. The van der Waals surface area contributed by atoms with E-state index >= 15 is 0 Å². The molecular weight excluding hydrogens is 484 g/mol. The number of nitrogens with zero attached hydrogens (tertiary/aromatic N) is 1. The molecule has 3 heteroatoms. The van der Waals surface area contributed by atoms with E-state index in [-0.39, 0.29) is 0 Å². The van der Waals surface area contributed by atoms with Crippen LogP contribution in [-0.4, -0.2) is 24.4 Å². The first-order valence-electron chi connectivity index (χ1n) is 13.0. The maximum absolute atomic E-state index is 2.65. The minimum Gasteiger partial charge on any atom is -0.370 e. The molecule has 5 aromatic carbocycles. The molecule has 1 aliphatic heterocycles. The maximum Gasteiger partial charge on any atom is 0.0366 e. The average molecular weight is 516 g/mol. The standard InChI is InChI=1S/C34H31NP2/c1-6-16-28(17-7-1)35-26-33(36(29-18-8-2-9-19-29)30-20-10-3-11-21-30)34(27-35)37(31-22-12-4-13-23-31)32-24-14-5-15-25-32/h1-25,33-34H,26-27H2. The summed E-state index contributed by atoms with van der Waals surface area (Å²) in [6.45, 7) is 2.14. The number of hydrogen-bond donors (Lipinski definition) is 0. The first-order chi connectivity index (χ1) is 18.4. The van der Waals surface area contributed by atoms with Crippen molar-refractivity contribution in [2.24, 2.45) is 0 Å². The van der Waals surface area contributed by atoms with Crippen LogP contribution in [0.5, 0.6) is 0 Å². The molecule has 0 aromatic heterocycles. The molecule has 1 fully saturated rings. The van der Waals surface area contributed by atoms with Crippen molar-refractivity contribution in [3.63, 3.8) is 0 Å². The van der Waals surface area contributed by atoms with E-state index in [0.29, 0.717) is 11.3 Å². The molecule has 0 N–H and O–H groups in total. The van der Waals surface area contributed by atoms with E-state index in [2.05, 4.69) is 157 Å². The Bertz CT molecular complexity index is 1210. The average Bonchev–Trinajstić information content (AvgIpc) is 3.40. The van der Waals surface area contributed by atoms with E-state index in [1.165, 1.54) is 26.9 Å². The highest BCUT2D eigenvalue weighted by atomic mass is 31.1. The van der Waals surface area contributed by atoms with Gasteiger partial charge < -0.3 is 4.90 Å². The molecule has 0 saturated carbocycles. The molecule has 1 heterocycles. The van der Waals surface area contributed by atoms with Crippen molar-refractivity contribution in [3.05, 3.63) is 152 Å². The summed E-state index contributed by atoms with van der Waals surface area (Å²) in [5.74, 6) is 0. The summed E-state index contributed by atoms with van der Waals surface area (Å²) in [5.41, 5.74) is 2.40.